The Bertz CT molecular complexity index is 366. The predicted molar refractivity (Wildman–Crippen MR) is 58.2 cm³/mol. The molecule has 1 aromatic heterocycles. The number of halogens is 1. The Morgan fingerprint density at radius 3 is 2.86 bits per heavy atom. The maximum atomic E-state index is 10.4. The summed E-state index contributed by atoms with van der Waals surface area (Å²) in [5, 5.41) is 8.55. The summed E-state index contributed by atoms with van der Waals surface area (Å²) in [5.74, 6) is -1.00. The van der Waals surface area contributed by atoms with E-state index in [-0.39, 0.29) is 12.4 Å². The molecule has 1 aromatic rings. The van der Waals surface area contributed by atoms with Gasteiger partial charge in [-0.15, -0.1) is 12.4 Å². The van der Waals surface area contributed by atoms with Gasteiger partial charge in [-0.1, -0.05) is 12.2 Å². The monoisotopic (exact) mass is 234 g/mol. The van der Waals surface area contributed by atoms with Crippen LogP contribution < -0.4 is 5.73 Å². The number of pyridine rings is 1. The third kappa shape index (κ3) is 3.87. The van der Waals surface area contributed by atoms with Crippen LogP contribution in [0.25, 0.3) is 0 Å². The minimum atomic E-state index is -1.00. The fourth-order valence-corrected chi connectivity index (χ4v) is 1.18. The van der Waals surface area contributed by atoms with Crippen LogP contribution in [0.1, 0.15) is 5.56 Å². The molecule has 0 aliphatic carbocycles. The highest BCUT2D eigenvalue weighted by Crippen LogP contribution is 2.01. The van der Waals surface area contributed by atoms with Gasteiger partial charge in [0.25, 0.3) is 0 Å². The normalized spacial score (nSPS) is 11.5. The van der Waals surface area contributed by atoms with Gasteiger partial charge in [0.2, 0.25) is 0 Å². The van der Waals surface area contributed by atoms with Gasteiger partial charge in [-0.2, -0.15) is 0 Å². The van der Waals surface area contributed by atoms with E-state index in [0.717, 1.165) is 5.56 Å². The van der Waals surface area contributed by atoms with E-state index in [1.54, 1.807) is 18.3 Å². The van der Waals surface area contributed by atoms with Crippen LogP contribution in [0.15, 0.2) is 18.3 Å². The van der Waals surface area contributed by atoms with Crippen LogP contribution in [0.4, 0.5) is 0 Å². The van der Waals surface area contributed by atoms with E-state index in [1.165, 1.54) is 0 Å². The number of rotatable bonds is 3. The lowest BCUT2D eigenvalue weighted by molar-refractivity contribution is -0.138. The minimum Gasteiger partial charge on any atom is -0.480 e. The van der Waals surface area contributed by atoms with Crippen molar-refractivity contribution >= 4 is 30.6 Å². The molecule has 1 atom stereocenters. The molecule has 1 rings (SSSR count). The predicted octanol–water partition coefficient (Wildman–Crippen LogP) is 1.12. The number of aromatic nitrogens is 1. The summed E-state index contributed by atoms with van der Waals surface area (Å²) in [4.78, 5) is 13.2. The van der Waals surface area contributed by atoms with E-state index in [4.69, 9.17) is 23.1 Å². The molecular formula is C8H11ClN2O2S. The van der Waals surface area contributed by atoms with Crippen molar-refractivity contribution in [3.63, 3.8) is 0 Å². The summed E-state index contributed by atoms with van der Waals surface area (Å²) in [6.45, 7) is 0. The molecule has 6 heteroatoms. The van der Waals surface area contributed by atoms with Crippen molar-refractivity contribution in [2.24, 2.45) is 5.73 Å². The first kappa shape index (κ1) is 13.1. The van der Waals surface area contributed by atoms with Gasteiger partial charge in [0, 0.05) is 6.20 Å². The molecule has 1 heterocycles. The second-order valence-corrected chi connectivity index (χ2v) is 3.15. The van der Waals surface area contributed by atoms with Crippen molar-refractivity contribution in [1.29, 1.82) is 0 Å². The fourth-order valence-electron chi connectivity index (χ4n) is 0.957. The topological polar surface area (TPSA) is 79.1 Å². The van der Waals surface area contributed by atoms with Crippen molar-refractivity contribution in [2.75, 3.05) is 0 Å². The van der Waals surface area contributed by atoms with Crippen molar-refractivity contribution in [2.45, 2.75) is 12.5 Å². The van der Waals surface area contributed by atoms with E-state index < -0.39 is 12.0 Å². The van der Waals surface area contributed by atoms with Crippen LogP contribution in [0.3, 0.4) is 0 Å². The van der Waals surface area contributed by atoms with E-state index in [9.17, 15) is 4.79 Å². The molecule has 0 spiro atoms. The molecule has 0 radical (unpaired) electrons. The molecule has 0 amide bonds. The van der Waals surface area contributed by atoms with E-state index in [0.29, 0.717) is 11.1 Å². The summed E-state index contributed by atoms with van der Waals surface area (Å²) in [6, 6.07) is 2.60. The summed E-state index contributed by atoms with van der Waals surface area (Å²) in [6.07, 6.45) is 1.97. The minimum absolute atomic E-state index is 0. The summed E-state index contributed by atoms with van der Waals surface area (Å²) < 4.78 is 0.579. The van der Waals surface area contributed by atoms with Crippen molar-refractivity contribution < 1.29 is 9.90 Å². The average molecular weight is 235 g/mol. The lowest BCUT2D eigenvalue weighted by atomic mass is 10.1. The highest BCUT2D eigenvalue weighted by molar-refractivity contribution is 7.71. The van der Waals surface area contributed by atoms with Gasteiger partial charge in [-0.3, -0.25) is 4.79 Å². The summed E-state index contributed by atoms with van der Waals surface area (Å²) in [5.41, 5.74) is 6.19. The molecule has 78 valence electrons. The molecule has 0 saturated heterocycles. The number of carbonyl (C=O) groups is 1. The number of aromatic amines is 1. The molecule has 0 aliphatic rings. The van der Waals surface area contributed by atoms with Gasteiger partial charge < -0.3 is 15.8 Å². The highest BCUT2D eigenvalue weighted by atomic mass is 35.5. The second kappa shape index (κ2) is 5.74. The van der Waals surface area contributed by atoms with Gasteiger partial charge in [0.15, 0.2) is 0 Å². The number of hydrogen-bond acceptors (Lipinski definition) is 3. The van der Waals surface area contributed by atoms with Gasteiger partial charge in [0.1, 0.15) is 10.7 Å². The SMILES string of the molecule is Cl.NC(Cc1cc[nH]c(=S)c1)C(=O)O. The van der Waals surface area contributed by atoms with E-state index in [2.05, 4.69) is 4.98 Å². The van der Waals surface area contributed by atoms with Crippen molar-refractivity contribution in [3.05, 3.63) is 28.5 Å². The summed E-state index contributed by atoms with van der Waals surface area (Å²) in [7, 11) is 0. The molecular weight excluding hydrogens is 224 g/mol. The van der Waals surface area contributed by atoms with E-state index in [1.807, 2.05) is 0 Å². The molecule has 0 aliphatic heterocycles. The Kier molecular flexibility index (Phi) is 5.37. The molecule has 1 unspecified atom stereocenters. The first-order valence-electron chi connectivity index (χ1n) is 3.75. The number of carboxylic acids is 1. The van der Waals surface area contributed by atoms with Crippen LogP contribution in [0, 0.1) is 4.64 Å². The van der Waals surface area contributed by atoms with E-state index >= 15 is 0 Å². The lowest BCUT2D eigenvalue weighted by Crippen LogP contribution is -2.32. The number of aliphatic carboxylic acids is 1. The van der Waals surface area contributed by atoms with Crippen LogP contribution >= 0.6 is 24.6 Å². The van der Waals surface area contributed by atoms with Gasteiger partial charge in [-0.05, 0) is 24.1 Å². The molecule has 0 bridgehead atoms. The second-order valence-electron chi connectivity index (χ2n) is 2.71. The quantitative estimate of drug-likeness (QED) is 0.685. The Morgan fingerprint density at radius 1 is 1.71 bits per heavy atom. The average Bonchev–Trinajstić information content (AvgIpc) is 2.04. The van der Waals surface area contributed by atoms with Crippen molar-refractivity contribution in [1.82, 2.24) is 4.98 Å². The number of nitrogens with one attached hydrogen (secondary N) is 1. The largest absolute Gasteiger partial charge is 0.480 e. The van der Waals surface area contributed by atoms with Crippen molar-refractivity contribution in [3.8, 4) is 0 Å². The van der Waals surface area contributed by atoms with Crippen LogP contribution in [0.2, 0.25) is 0 Å². The number of carboxylic acid groups (broad SMARTS) is 1. The molecule has 0 fully saturated rings. The Balaban J connectivity index is 0.00000169. The first-order chi connectivity index (χ1) is 6.09. The van der Waals surface area contributed by atoms with Gasteiger partial charge in [-0.25, -0.2) is 0 Å². The highest BCUT2D eigenvalue weighted by Gasteiger charge is 2.11. The number of hydrogen-bond donors (Lipinski definition) is 3. The fraction of sp³-hybridized carbons (Fsp3) is 0.250. The molecule has 4 N–H and O–H groups in total. The smallest absolute Gasteiger partial charge is 0.320 e. The zero-order chi connectivity index (χ0) is 9.84. The summed E-state index contributed by atoms with van der Waals surface area (Å²) >= 11 is 4.87. The van der Waals surface area contributed by atoms with Crippen LogP contribution in [-0.4, -0.2) is 22.1 Å². The van der Waals surface area contributed by atoms with Crippen LogP contribution in [0.5, 0.6) is 0 Å². The molecule has 0 saturated carbocycles. The first-order valence-corrected chi connectivity index (χ1v) is 4.16. The standard InChI is InChI=1S/C8H10N2O2S.ClH/c9-6(8(11)12)3-5-1-2-10-7(13)4-5;/h1-2,4,6H,3,9H2,(H,10,13)(H,11,12);1H. The Hall–Kier alpha value is -0.910. The lowest BCUT2D eigenvalue weighted by Gasteiger charge is -2.05. The third-order valence-electron chi connectivity index (χ3n) is 1.61. The Morgan fingerprint density at radius 2 is 2.36 bits per heavy atom. The van der Waals surface area contributed by atoms with Gasteiger partial charge >= 0.3 is 5.97 Å². The molecule has 0 aromatic carbocycles. The zero-order valence-corrected chi connectivity index (χ0v) is 8.90. The molecule has 14 heavy (non-hydrogen) atoms. The zero-order valence-electron chi connectivity index (χ0n) is 7.27. The van der Waals surface area contributed by atoms with Gasteiger partial charge in [0.05, 0.1) is 0 Å². The Labute approximate surface area is 92.6 Å². The number of H-pyrrole nitrogens is 1. The van der Waals surface area contributed by atoms with Crippen LogP contribution in [-0.2, 0) is 11.2 Å². The molecule has 4 nitrogen and oxygen atoms in total. The maximum absolute atomic E-state index is 10.4. The number of nitrogens with two attached hydrogens (primary N) is 1. The third-order valence-corrected chi connectivity index (χ3v) is 1.85. The maximum Gasteiger partial charge on any atom is 0.320 e.